The first-order valence-electron chi connectivity index (χ1n) is 6.20. The van der Waals surface area contributed by atoms with Crippen molar-refractivity contribution in [2.45, 2.75) is 12.8 Å². The summed E-state index contributed by atoms with van der Waals surface area (Å²) in [6.45, 7) is 1.80. The molecule has 0 atom stereocenters. The van der Waals surface area contributed by atoms with E-state index in [1.165, 1.54) is 6.07 Å². The van der Waals surface area contributed by atoms with Crippen LogP contribution in [0.4, 0.5) is 11.4 Å². The van der Waals surface area contributed by atoms with Gasteiger partial charge in [-0.25, -0.2) is 0 Å². The molecule has 1 saturated heterocycles. The monoisotopic (exact) mass is 261 g/mol. The lowest BCUT2D eigenvalue weighted by atomic mass is 9.97. The number of aliphatic hydroxyl groups is 1. The summed E-state index contributed by atoms with van der Waals surface area (Å²) in [4.78, 5) is 12.3. The van der Waals surface area contributed by atoms with Gasteiger partial charge < -0.3 is 10.0 Å². The molecule has 1 fully saturated rings. The molecule has 6 nitrogen and oxygen atoms in total. The molecular weight excluding hydrogens is 246 g/mol. The summed E-state index contributed by atoms with van der Waals surface area (Å²) in [6, 6.07) is 6.49. The van der Waals surface area contributed by atoms with Gasteiger partial charge in [-0.05, 0) is 30.9 Å². The van der Waals surface area contributed by atoms with Crippen LogP contribution in [0.1, 0.15) is 18.4 Å². The van der Waals surface area contributed by atoms with Gasteiger partial charge in [0.1, 0.15) is 11.6 Å². The SMILES string of the molecule is N#Cc1cc(N2CCC(CO)CC2)ccc1[N+](=O)[O-]. The molecule has 19 heavy (non-hydrogen) atoms. The molecule has 1 aliphatic heterocycles. The van der Waals surface area contributed by atoms with Crippen molar-refractivity contribution in [3.63, 3.8) is 0 Å². The van der Waals surface area contributed by atoms with E-state index in [0.717, 1.165) is 31.6 Å². The number of nitro benzene ring substituents is 1. The molecule has 0 spiro atoms. The summed E-state index contributed by atoms with van der Waals surface area (Å²) in [6.07, 6.45) is 1.80. The first-order chi connectivity index (χ1) is 9.15. The van der Waals surface area contributed by atoms with Crippen molar-refractivity contribution in [1.29, 1.82) is 5.26 Å². The number of rotatable bonds is 3. The number of benzene rings is 1. The Labute approximate surface area is 111 Å². The van der Waals surface area contributed by atoms with Crippen LogP contribution in [0.15, 0.2) is 18.2 Å². The maximum Gasteiger partial charge on any atom is 0.287 e. The molecule has 0 unspecified atom stereocenters. The third kappa shape index (κ3) is 2.83. The van der Waals surface area contributed by atoms with Gasteiger partial charge in [0.15, 0.2) is 0 Å². The first-order valence-corrected chi connectivity index (χ1v) is 6.20. The number of nitrogens with zero attached hydrogens (tertiary/aromatic N) is 3. The lowest BCUT2D eigenvalue weighted by Gasteiger charge is -2.32. The van der Waals surface area contributed by atoms with E-state index in [1.54, 1.807) is 12.1 Å². The number of piperidine rings is 1. The number of hydrogen-bond donors (Lipinski definition) is 1. The molecule has 0 aliphatic carbocycles. The average molecular weight is 261 g/mol. The maximum atomic E-state index is 10.8. The van der Waals surface area contributed by atoms with Crippen LogP contribution in [0.2, 0.25) is 0 Å². The van der Waals surface area contributed by atoms with Gasteiger partial charge in [0.25, 0.3) is 5.69 Å². The van der Waals surface area contributed by atoms with Crippen molar-refractivity contribution in [1.82, 2.24) is 0 Å². The standard InChI is InChI=1S/C13H15N3O3/c14-8-11-7-12(1-2-13(11)16(18)19)15-5-3-10(9-17)4-6-15/h1-2,7,10,17H,3-6,9H2. The van der Waals surface area contributed by atoms with Crippen molar-refractivity contribution in [2.75, 3.05) is 24.6 Å². The Morgan fingerprint density at radius 2 is 2.16 bits per heavy atom. The zero-order chi connectivity index (χ0) is 13.8. The molecular formula is C13H15N3O3. The molecule has 2 rings (SSSR count). The third-order valence-electron chi connectivity index (χ3n) is 3.54. The summed E-state index contributed by atoms with van der Waals surface area (Å²) in [5.74, 6) is 0.338. The second-order valence-electron chi connectivity index (χ2n) is 4.68. The van der Waals surface area contributed by atoms with E-state index in [0.29, 0.717) is 5.92 Å². The predicted octanol–water partition coefficient (Wildman–Crippen LogP) is 1.68. The third-order valence-corrected chi connectivity index (χ3v) is 3.54. The van der Waals surface area contributed by atoms with E-state index < -0.39 is 4.92 Å². The minimum absolute atomic E-state index is 0.0896. The van der Waals surface area contributed by atoms with Crippen molar-refractivity contribution in [3.8, 4) is 6.07 Å². The second kappa shape index (κ2) is 5.67. The van der Waals surface area contributed by atoms with Crippen LogP contribution < -0.4 is 4.90 Å². The molecule has 1 aromatic carbocycles. The van der Waals surface area contributed by atoms with Gasteiger partial charge in [-0.2, -0.15) is 5.26 Å². The van der Waals surface area contributed by atoms with E-state index in [-0.39, 0.29) is 17.9 Å². The van der Waals surface area contributed by atoms with Crippen molar-refractivity contribution in [3.05, 3.63) is 33.9 Å². The van der Waals surface area contributed by atoms with E-state index >= 15 is 0 Å². The summed E-state index contributed by atoms with van der Waals surface area (Å²) in [5, 5.41) is 28.8. The first kappa shape index (κ1) is 13.3. The molecule has 0 bridgehead atoms. The van der Waals surface area contributed by atoms with Crippen LogP contribution in [-0.4, -0.2) is 29.7 Å². The number of nitro groups is 1. The smallest absolute Gasteiger partial charge is 0.287 e. The molecule has 0 aromatic heterocycles. The molecule has 0 amide bonds. The summed E-state index contributed by atoms with van der Waals surface area (Å²) in [5.41, 5.74) is 0.766. The van der Waals surface area contributed by atoms with Gasteiger partial charge in [0.05, 0.1) is 4.92 Å². The maximum absolute atomic E-state index is 10.8. The molecule has 1 aliphatic rings. The van der Waals surface area contributed by atoms with Crippen LogP contribution in [0.25, 0.3) is 0 Å². The highest BCUT2D eigenvalue weighted by molar-refractivity contribution is 5.60. The van der Waals surface area contributed by atoms with Crippen LogP contribution in [0, 0.1) is 27.4 Å². The molecule has 6 heteroatoms. The van der Waals surface area contributed by atoms with Crippen LogP contribution >= 0.6 is 0 Å². The lowest BCUT2D eigenvalue weighted by molar-refractivity contribution is -0.385. The molecule has 0 saturated carbocycles. The summed E-state index contributed by atoms with van der Waals surface area (Å²) in [7, 11) is 0. The van der Waals surface area contributed by atoms with Crippen LogP contribution in [0.3, 0.4) is 0 Å². The summed E-state index contributed by atoms with van der Waals surface area (Å²) >= 11 is 0. The Kier molecular flexibility index (Phi) is 3.97. The van der Waals surface area contributed by atoms with Crippen molar-refractivity contribution in [2.24, 2.45) is 5.92 Å². The van der Waals surface area contributed by atoms with Gasteiger partial charge in [-0.15, -0.1) is 0 Å². The minimum atomic E-state index is -0.541. The fraction of sp³-hybridized carbons (Fsp3) is 0.462. The van der Waals surface area contributed by atoms with Crippen molar-refractivity contribution >= 4 is 11.4 Å². The Hall–Kier alpha value is -2.13. The zero-order valence-corrected chi connectivity index (χ0v) is 10.5. The average Bonchev–Trinajstić information content (AvgIpc) is 2.46. The molecule has 1 N–H and O–H groups in total. The van der Waals surface area contributed by atoms with Gasteiger partial charge in [-0.1, -0.05) is 0 Å². The highest BCUT2D eigenvalue weighted by Gasteiger charge is 2.21. The number of aliphatic hydroxyl groups excluding tert-OH is 1. The zero-order valence-electron chi connectivity index (χ0n) is 10.5. The lowest BCUT2D eigenvalue weighted by Crippen LogP contribution is -2.34. The van der Waals surface area contributed by atoms with E-state index in [1.807, 2.05) is 6.07 Å². The van der Waals surface area contributed by atoms with Gasteiger partial charge in [0.2, 0.25) is 0 Å². The number of nitriles is 1. The van der Waals surface area contributed by atoms with Gasteiger partial charge >= 0.3 is 0 Å². The Morgan fingerprint density at radius 3 is 2.68 bits per heavy atom. The van der Waals surface area contributed by atoms with E-state index in [9.17, 15) is 10.1 Å². The van der Waals surface area contributed by atoms with Crippen LogP contribution in [-0.2, 0) is 0 Å². The Balaban J connectivity index is 2.18. The highest BCUT2D eigenvalue weighted by Crippen LogP contribution is 2.27. The quantitative estimate of drug-likeness (QED) is 0.660. The van der Waals surface area contributed by atoms with E-state index in [2.05, 4.69) is 4.90 Å². The van der Waals surface area contributed by atoms with Crippen molar-refractivity contribution < 1.29 is 10.0 Å². The largest absolute Gasteiger partial charge is 0.396 e. The second-order valence-corrected chi connectivity index (χ2v) is 4.68. The number of anilines is 1. The van der Waals surface area contributed by atoms with E-state index in [4.69, 9.17) is 10.4 Å². The molecule has 1 heterocycles. The Bertz CT molecular complexity index is 516. The Morgan fingerprint density at radius 1 is 1.47 bits per heavy atom. The predicted molar refractivity (Wildman–Crippen MR) is 69.8 cm³/mol. The van der Waals surface area contributed by atoms with Crippen LogP contribution in [0.5, 0.6) is 0 Å². The molecule has 100 valence electrons. The van der Waals surface area contributed by atoms with Gasteiger partial charge in [-0.3, -0.25) is 10.1 Å². The highest BCUT2D eigenvalue weighted by atomic mass is 16.6. The summed E-state index contributed by atoms with van der Waals surface area (Å²) < 4.78 is 0. The normalized spacial score (nSPS) is 16.1. The van der Waals surface area contributed by atoms with Gasteiger partial charge in [0, 0.05) is 31.5 Å². The fourth-order valence-electron chi connectivity index (χ4n) is 2.34. The number of hydrogen-bond acceptors (Lipinski definition) is 5. The topological polar surface area (TPSA) is 90.4 Å². The molecule has 1 aromatic rings. The minimum Gasteiger partial charge on any atom is -0.396 e. The fourth-order valence-corrected chi connectivity index (χ4v) is 2.34. The molecule has 0 radical (unpaired) electrons.